The fraction of sp³-hybridized carbons (Fsp3) is 0.556. The molecule has 2 nitrogen and oxygen atoms in total. The van der Waals surface area contributed by atoms with Gasteiger partial charge in [-0.25, -0.2) is 0 Å². The average Bonchev–Trinajstić information content (AvgIpc) is 2.31. The van der Waals surface area contributed by atoms with Crippen LogP contribution in [0.2, 0.25) is 0 Å². The van der Waals surface area contributed by atoms with E-state index in [4.69, 9.17) is 10.2 Å². The Hall–Kier alpha value is -0.760. The Bertz CT molecular complexity index is 215. The van der Waals surface area contributed by atoms with Crippen molar-refractivity contribution in [3.05, 3.63) is 23.7 Å². The molecule has 2 heteroatoms. The molecule has 0 saturated heterocycles. The summed E-state index contributed by atoms with van der Waals surface area (Å²) in [6.07, 6.45) is 1.94. The summed E-state index contributed by atoms with van der Waals surface area (Å²) in [4.78, 5) is 0. The Balaban J connectivity index is 2.39. The molecule has 0 aliphatic rings. The van der Waals surface area contributed by atoms with E-state index in [9.17, 15) is 0 Å². The highest BCUT2D eigenvalue weighted by Gasteiger charge is 1.99. The second-order valence-electron chi connectivity index (χ2n) is 3.03. The lowest BCUT2D eigenvalue weighted by Crippen LogP contribution is -2.15. The third kappa shape index (κ3) is 2.76. The van der Waals surface area contributed by atoms with Gasteiger partial charge in [0, 0.05) is 12.5 Å². The first kappa shape index (κ1) is 8.34. The normalized spacial score (nSPS) is 13.4. The first-order chi connectivity index (χ1) is 5.18. The van der Waals surface area contributed by atoms with Gasteiger partial charge in [-0.3, -0.25) is 0 Å². The maximum Gasteiger partial charge on any atom is 0.104 e. The number of aryl methyl sites for hydroxylation is 2. The van der Waals surface area contributed by atoms with E-state index in [1.807, 2.05) is 26.0 Å². The van der Waals surface area contributed by atoms with E-state index in [-0.39, 0.29) is 6.04 Å². The molecule has 1 aromatic heterocycles. The van der Waals surface area contributed by atoms with Gasteiger partial charge in [0.2, 0.25) is 0 Å². The molecule has 0 aromatic carbocycles. The molecule has 1 aromatic rings. The third-order valence-corrected chi connectivity index (χ3v) is 1.64. The van der Waals surface area contributed by atoms with Gasteiger partial charge in [-0.1, -0.05) is 0 Å². The topological polar surface area (TPSA) is 39.2 Å². The minimum atomic E-state index is 0.264. The number of hydrogen-bond donors (Lipinski definition) is 1. The number of rotatable bonds is 3. The Labute approximate surface area is 67.4 Å². The van der Waals surface area contributed by atoms with Crippen LogP contribution in [0.1, 0.15) is 24.9 Å². The van der Waals surface area contributed by atoms with Crippen molar-refractivity contribution >= 4 is 0 Å². The lowest BCUT2D eigenvalue weighted by Gasteiger charge is -2.00. The Kier molecular flexibility index (Phi) is 2.71. The van der Waals surface area contributed by atoms with Crippen molar-refractivity contribution in [3.63, 3.8) is 0 Å². The van der Waals surface area contributed by atoms with Gasteiger partial charge in [0.05, 0.1) is 0 Å². The van der Waals surface area contributed by atoms with Crippen LogP contribution < -0.4 is 5.73 Å². The second kappa shape index (κ2) is 3.58. The van der Waals surface area contributed by atoms with Gasteiger partial charge in [0.1, 0.15) is 11.5 Å². The standard InChI is InChI=1S/C9H15NO/c1-7(10)3-5-9-6-4-8(2)11-9/h4,6-7H,3,5,10H2,1-2H3. The molecule has 1 atom stereocenters. The molecular formula is C9H15NO. The Morgan fingerprint density at radius 3 is 2.73 bits per heavy atom. The molecule has 1 unspecified atom stereocenters. The van der Waals surface area contributed by atoms with Crippen molar-refractivity contribution in [1.82, 2.24) is 0 Å². The van der Waals surface area contributed by atoms with Gasteiger partial charge in [-0.2, -0.15) is 0 Å². The van der Waals surface area contributed by atoms with Crippen molar-refractivity contribution in [2.24, 2.45) is 5.73 Å². The zero-order valence-electron chi connectivity index (χ0n) is 7.13. The second-order valence-corrected chi connectivity index (χ2v) is 3.03. The predicted octanol–water partition coefficient (Wildman–Crippen LogP) is 1.87. The molecular weight excluding hydrogens is 138 g/mol. The summed E-state index contributed by atoms with van der Waals surface area (Å²) in [6, 6.07) is 4.26. The van der Waals surface area contributed by atoms with Gasteiger partial charge in [0.25, 0.3) is 0 Å². The van der Waals surface area contributed by atoms with Crippen LogP contribution in [0.25, 0.3) is 0 Å². The lowest BCUT2D eigenvalue weighted by atomic mass is 10.2. The number of nitrogens with two attached hydrogens (primary N) is 1. The van der Waals surface area contributed by atoms with Crippen molar-refractivity contribution in [2.45, 2.75) is 32.7 Å². The Morgan fingerprint density at radius 2 is 2.27 bits per heavy atom. The van der Waals surface area contributed by atoms with Crippen LogP contribution in [0, 0.1) is 6.92 Å². The molecule has 0 saturated carbocycles. The third-order valence-electron chi connectivity index (χ3n) is 1.64. The van der Waals surface area contributed by atoms with E-state index in [0.29, 0.717) is 0 Å². The van der Waals surface area contributed by atoms with E-state index in [1.54, 1.807) is 0 Å². The summed E-state index contributed by atoms with van der Waals surface area (Å²) < 4.78 is 5.38. The van der Waals surface area contributed by atoms with Gasteiger partial charge < -0.3 is 10.2 Å². The molecule has 1 heterocycles. The predicted molar refractivity (Wildman–Crippen MR) is 45.4 cm³/mol. The largest absolute Gasteiger partial charge is 0.466 e. The maximum absolute atomic E-state index is 5.61. The summed E-state index contributed by atoms with van der Waals surface area (Å²) in [5.74, 6) is 2.02. The van der Waals surface area contributed by atoms with Gasteiger partial charge in [0.15, 0.2) is 0 Å². The Morgan fingerprint density at radius 1 is 1.55 bits per heavy atom. The first-order valence-electron chi connectivity index (χ1n) is 3.99. The molecule has 0 fully saturated rings. The number of furan rings is 1. The fourth-order valence-corrected chi connectivity index (χ4v) is 0.989. The van der Waals surface area contributed by atoms with Crippen LogP contribution in [0.3, 0.4) is 0 Å². The molecule has 62 valence electrons. The molecule has 0 amide bonds. The quantitative estimate of drug-likeness (QED) is 0.720. The monoisotopic (exact) mass is 153 g/mol. The van der Waals surface area contributed by atoms with Crippen LogP contribution in [0.5, 0.6) is 0 Å². The summed E-state index contributed by atoms with van der Waals surface area (Å²) in [5.41, 5.74) is 5.61. The van der Waals surface area contributed by atoms with Crippen LogP contribution in [0.4, 0.5) is 0 Å². The highest BCUT2D eigenvalue weighted by molar-refractivity contribution is 5.05. The van der Waals surface area contributed by atoms with Gasteiger partial charge in [-0.05, 0) is 32.4 Å². The van der Waals surface area contributed by atoms with Crippen molar-refractivity contribution in [2.75, 3.05) is 0 Å². The smallest absolute Gasteiger partial charge is 0.104 e. The van der Waals surface area contributed by atoms with Gasteiger partial charge >= 0.3 is 0 Å². The van der Waals surface area contributed by atoms with Crippen LogP contribution in [-0.2, 0) is 6.42 Å². The molecule has 0 aliphatic heterocycles. The van der Waals surface area contributed by atoms with E-state index in [0.717, 1.165) is 24.4 Å². The van der Waals surface area contributed by atoms with E-state index >= 15 is 0 Å². The molecule has 0 aliphatic carbocycles. The molecule has 11 heavy (non-hydrogen) atoms. The van der Waals surface area contributed by atoms with Crippen LogP contribution in [0.15, 0.2) is 16.5 Å². The highest BCUT2D eigenvalue weighted by atomic mass is 16.3. The zero-order valence-corrected chi connectivity index (χ0v) is 7.13. The summed E-state index contributed by atoms with van der Waals surface area (Å²) >= 11 is 0. The molecule has 2 N–H and O–H groups in total. The first-order valence-corrected chi connectivity index (χ1v) is 3.99. The highest BCUT2D eigenvalue weighted by Crippen LogP contribution is 2.08. The SMILES string of the molecule is Cc1ccc(CCC(C)N)o1. The van der Waals surface area contributed by atoms with Crippen molar-refractivity contribution < 1.29 is 4.42 Å². The number of hydrogen-bond acceptors (Lipinski definition) is 2. The zero-order chi connectivity index (χ0) is 8.27. The fourth-order valence-electron chi connectivity index (χ4n) is 0.989. The molecule has 0 spiro atoms. The molecule has 0 bridgehead atoms. The minimum Gasteiger partial charge on any atom is -0.466 e. The van der Waals surface area contributed by atoms with E-state index in [2.05, 4.69) is 0 Å². The minimum absolute atomic E-state index is 0.264. The lowest BCUT2D eigenvalue weighted by molar-refractivity contribution is 0.469. The van der Waals surface area contributed by atoms with Crippen molar-refractivity contribution in [1.29, 1.82) is 0 Å². The van der Waals surface area contributed by atoms with Crippen LogP contribution in [-0.4, -0.2) is 6.04 Å². The van der Waals surface area contributed by atoms with Crippen LogP contribution >= 0.6 is 0 Å². The average molecular weight is 153 g/mol. The summed E-state index contributed by atoms with van der Waals surface area (Å²) in [7, 11) is 0. The van der Waals surface area contributed by atoms with E-state index in [1.165, 1.54) is 0 Å². The molecule has 0 radical (unpaired) electrons. The summed E-state index contributed by atoms with van der Waals surface area (Å²) in [5, 5.41) is 0. The maximum atomic E-state index is 5.61. The van der Waals surface area contributed by atoms with Crippen molar-refractivity contribution in [3.8, 4) is 0 Å². The van der Waals surface area contributed by atoms with E-state index < -0.39 is 0 Å². The summed E-state index contributed by atoms with van der Waals surface area (Å²) in [6.45, 7) is 3.96. The molecule has 1 rings (SSSR count). The van der Waals surface area contributed by atoms with Gasteiger partial charge in [-0.15, -0.1) is 0 Å².